The zero-order chi connectivity index (χ0) is 25.6. The zero-order valence-electron chi connectivity index (χ0n) is 19.7. The van der Waals surface area contributed by atoms with E-state index in [-0.39, 0.29) is 11.9 Å². The maximum atomic E-state index is 12.2. The molecule has 1 aromatic heterocycles. The van der Waals surface area contributed by atoms with Crippen LogP contribution < -0.4 is 25.6 Å². The number of hydrogen-bond acceptors (Lipinski definition) is 6. The van der Waals surface area contributed by atoms with E-state index in [0.717, 1.165) is 32.1 Å². The smallest absolute Gasteiger partial charge is 0.323 e. The highest BCUT2D eigenvalue weighted by Crippen LogP contribution is 2.25. The molecule has 36 heavy (non-hydrogen) atoms. The number of hydroxylamine groups is 1. The fraction of sp³-hybridized carbons (Fsp3) is 0.269. The largest absolute Gasteiger partial charge is 0.478 e. The van der Waals surface area contributed by atoms with Crippen LogP contribution in [0, 0.1) is 0 Å². The summed E-state index contributed by atoms with van der Waals surface area (Å²) in [6.07, 6.45) is 6.48. The van der Waals surface area contributed by atoms with Crippen LogP contribution in [0.25, 0.3) is 0 Å². The molecule has 10 heteroatoms. The van der Waals surface area contributed by atoms with Crippen molar-refractivity contribution in [3.8, 4) is 17.4 Å². The number of carbonyl (C=O) groups excluding carboxylic acids is 2. The van der Waals surface area contributed by atoms with E-state index >= 15 is 0 Å². The SMILES string of the molecule is O=C(CCCCCCCOc1cc(Oc2ccc(NC(=O)Nc3ccc(Cl)cc3)cc2)ccn1)NO. The average Bonchev–Trinajstić information content (AvgIpc) is 2.88. The van der Waals surface area contributed by atoms with Gasteiger partial charge in [-0.15, -0.1) is 0 Å². The number of unbranched alkanes of at least 4 members (excludes halogenated alkanes) is 4. The summed E-state index contributed by atoms with van der Waals surface area (Å²) >= 11 is 5.85. The summed E-state index contributed by atoms with van der Waals surface area (Å²) in [7, 11) is 0. The van der Waals surface area contributed by atoms with Crippen molar-refractivity contribution < 1.29 is 24.3 Å². The van der Waals surface area contributed by atoms with E-state index in [9.17, 15) is 9.59 Å². The second-order valence-corrected chi connectivity index (χ2v) is 8.38. The topological polar surface area (TPSA) is 122 Å². The van der Waals surface area contributed by atoms with Gasteiger partial charge >= 0.3 is 6.03 Å². The third kappa shape index (κ3) is 9.81. The molecule has 0 unspecified atom stereocenters. The monoisotopic (exact) mass is 512 g/mol. The highest BCUT2D eigenvalue weighted by atomic mass is 35.5. The molecule has 0 bridgehead atoms. The zero-order valence-corrected chi connectivity index (χ0v) is 20.5. The van der Waals surface area contributed by atoms with Gasteiger partial charge in [0.25, 0.3) is 0 Å². The number of rotatable bonds is 13. The Hall–Kier alpha value is -3.82. The number of pyridine rings is 1. The number of amides is 3. The number of aromatic nitrogens is 1. The fourth-order valence-electron chi connectivity index (χ4n) is 3.25. The van der Waals surface area contributed by atoms with Crippen molar-refractivity contribution in [3.63, 3.8) is 0 Å². The first-order valence-corrected chi connectivity index (χ1v) is 12.0. The van der Waals surface area contributed by atoms with E-state index in [1.165, 1.54) is 0 Å². The van der Waals surface area contributed by atoms with Gasteiger partial charge in [0.15, 0.2) is 0 Å². The molecule has 4 N–H and O–H groups in total. The van der Waals surface area contributed by atoms with Gasteiger partial charge in [-0.3, -0.25) is 10.0 Å². The molecule has 3 aromatic rings. The molecule has 0 spiro atoms. The van der Waals surface area contributed by atoms with Gasteiger partial charge < -0.3 is 20.1 Å². The highest BCUT2D eigenvalue weighted by molar-refractivity contribution is 6.30. The Morgan fingerprint density at radius 2 is 1.47 bits per heavy atom. The summed E-state index contributed by atoms with van der Waals surface area (Å²) in [6, 6.07) is 16.9. The maximum Gasteiger partial charge on any atom is 0.323 e. The number of hydrogen-bond donors (Lipinski definition) is 4. The number of nitrogens with zero attached hydrogens (tertiary/aromatic N) is 1. The molecule has 0 aliphatic heterocycles. The maximum absolute atomic E-state index is 12.2. The van der Waals surface area contributed by atoms with Crippen LogP contribution in [-0.4, -0.2) is 28.7 Å². The Bertz CT molecular complexity index is 1110. The standard InChI is InChI=1S/C26H29ClN4O5/c27-19-7-9-20(10-8-19)29-26(33)30-21-11-13-22(14-12-21)36-23-15-16-28-25(18-23)35-17-5-3-1-2-4-6-24(32)31-34/h7-16,18,34H,1-6,17H2,(H,31,32)(H2,29,30,33). The lowest BCUT2D eigenvalue weighted by molar-refractivity contribution is -0.129. The van der Waals surface area contributed by atoms with Crippen LogP contribution in [0.3, 0.4) is 0 Å². The van der Waals surface area contributed by atoms with E-state index < -0.39 is 0 Å². The van der Waals surface area contributed by atoms with Crippen LogP contribution in [-0.2, 0) is 4.79 Å². The Morgan fingerprint density at radius 3 is 2.17 bits per heavy atom. The molecular formula is C26H29ClN4O5. The Labute approximate surface area is 214 Å². The van der Waals surface area contributed by atoms with Crippen molar-refractivity contribution in [2.45, 2.75) is 38.5 Å². The lowest BCUT2D eigenvalue weighted by Crippen LogP contribution is -2.19. The van der Waals surface area contributed by atoms with Crippen LogP contribution in [0.5, 0.6) is 17.4 Å². The van der Waals surface area contributed by atoms with Crippen molar-refractivity contribution in [1.29, 1.82) is 0 Å². The fourth-order valence-corrected chi connectivity index (χ4v) is 3.38. The number of carbonyl (C=O) groups is 2. The number of halogens is 1. The molecule has 0 saturated heterocycles. The molecule has 9 nitrogen and oxygen atoms in total. The van der Waals surface area contributed by atoms with Crippen molar-refractivity contribution in [2.75, 3.05) is 17.2 Å². The second-order valence-electron chi connectivity index (χ2n) is 7.94. The number of anilines is 2. The highest BCUT2D eigenvalue weighted by Gasteiger charge is 2.05. The minimum absolute atomic E-state index is 0.336. The van der Waals surface area contributed by atoms with E-state index in [1.54, 1.807) is 72.3 Å². The van der Waals surface area contributed by atoms with E-state index in [2.05, 4.69) is 15.6 Å². The molecule has 0 aliphatic rings. The van der Waals surface area contributed by atoms with Crippen LogP contribution >= 0.6 is 11.6 Å². The minimum atomic E-state index is -0.365. The normalized spacial score (nSPS) is 10.4. The van der Waals surface area contributed by atoms with Gasteiger partial charge in [-0.1, -0.05) is 30.9 Å². The third-order valence-electron chi connectivity index (χ3n) is 5.08. The first-order valence-electron chi connectivity index (χ1n) is 11.6. The lowest BCUT2D eigenvalue weighted by Gasteiger charge is -2.10. The number of benzene rings is 2. The minimum Gasteiger partial charge on any atom is -0.478 e. The molecule has 3 rings (SSSR count). The van der Waals surface area contributed by atoms with Gasteiger partial charge in [0, 0.05) is 35.1 Å². The molecule has 2 aromatic carbocycles. The Morgan fingerprint density at radius 1 is 0.833 bits per heavy atom. The summed E-state index contributed by atoms with van der Waals surface area (Å²) in [4.78, 5) is 27.3. The quantitative estimate of drug-likeness (QED) is 0.119. The van der Waals surface area contributed by atoms with Gasteiger partial charge in [-0.05, 0) is 67.4 Å². The van der Waals surface area contributed by atoms with Crippen LogP contribution in [0.2, 0.25) is 5.02 Å². The van der Waals surface area contributed by atoms with E-state index in [1.807, 2.05) is 0 Å². The van der Waals surface area contributed by atoms with Crippen molar-refractivity contribution >= 4 is 34.9 Å². The Balaban J connectivity index is 1.38. The molecule has 0 radical (unpaired) electrons. The van der Waals surface area contributed by atoms with Gasteiger partial charge in [-0.2, -0.15) is 0 Å². The van der Waals surface area contributed by atoms with Gasteiger partial charge in [0.05, 0.1) is 6.61 Å². The van der Waals surface area contributed by atoms with Gasteiger partial charge in [-0.25, -0.2) is 15.3 Å². The third-order valence-corrected chi connectivity index (χ3v) is 5.33. The van der Waals surface area contributed by atoms with Crippen LogP contribution in [0.4, 0.5) is 16.2 Å². The van der Waals surface area contributed by atoms with Crippen LogP contribution in [0.15, 0.2) is 66.9 Å². The summed E-state index contributed by atoms with van der Waals surface area (Å²) in [6.45, 7) is 0.534. The number of ether oxygens (including phenoxy) is 2. The molecule has 190 valence electrons. The van der Waals surface area contributed by atoms with Crippen molar-refractivity contribution in [2.24, 2.45) is 0 Å². The van der Waals surface area contributed by atoms with E-state index in [4.69, 9.17) is 26.3 Å². The summed E-state index contributed by atoms with van der Waals surface area (Å²) in [5.74, 6) is 1.31. The predicted molar refractivity (Wildman–Crippen MR) is 138 cm³/mol. The van der Waals surface area contributed by atoms with E-state index in [0.29, 0.717) is 46.8 Å². The Kier molecular flexibility index (Phi) is 10.8. The molecule has 0 fully saturated rings. The summed E-state index contributed by atoms with van der Waals surface area (Å²) in [5, 5.41) is 14.5. The van der Waals surface area contributed by atoms with Crippen molar-refractivity contribution in [1.82, 2.24) is 10.5 Å². The molecule has 0 aliphatic carbocycles. The number of urea groups is 1. The molecule has 0 atom stereocenters. The summed E-state index contributed by atoms with van der Waals surface area (Å²) in [5.41, 5.74) is 2.89. The second kappa shape index (κ2) is 14.6. The molecule has 1 heterocycles. The van der Waals surface area contributed by atoms with Gasteiger partial charge in [0.2, 0.25) is 11.8 Å². The van der Waals surface area contributed by atoms with Gasteiger partial charge in [0.1, 0.15) is 11.5 Å². The average molecular weight is 513 g/mol. The molecule has 3 amide bonds. The predicted octanol–water partition coefficient (Wildman–Crippen LogP) is 6.40. The van der Waals surface area contributed by atoms with Crippen LogP contribution in [0.1, 0.15) is 38.5 Å². The lowest BCUT2D eigenvalue weighted by atomic mass is 10.1. The molecule has 0 saturated carbocycles. The summed E-state index contributed by atoms with van der Waals surface area (Å²) < 4.78 is 11.6. The van der Waals surface area contributed by atoms with Crippen molar-refractivity contribution in [3.05, 3.63) is 71.9 Å². The molecular weight excluding hydrogens is 484 g/mol. The number of nitrogens with one attached hydrogen (secondary N) is 3. The first-order chi connectivity index (χ1) is 17.5. The first kappa shape index (κ1) is 26.8.